The van der Waals surface area contributed by atoms with Crippen molar-refractivity contribution in [3.8, 4) is 0 Å². The molecule has 4 rings (SSSR count). The van der Waals surface area contributed by atoms with E-state index in [1.807, 2.05) is 6.92 Å². The van der Waals surface area contributed by atoms with E-state index in [4.69, 9.17) is 17.3 Å². The molecule has 1 aromatic carbocycles. The Bertz CT molecular complexity index is 1340. The summed E-state index contributed by atoms with van der Waals surface area (Å²) in [6.07, 6.45) is 3.41. The average molecular weight is 493 g/mol. The Morgan fingerprint density at radius 1 is 1.32 bits per heavy atom. The molecule has 0 saturated carbocycles. The van der Waals surface area contributed by atoms with E-state index in [0.717, 1.165) is 24.9 Å². The molecule has 1 saturated heterocycles. The number of aliphatic hydroxyl groups is 1. The number of carboxylic acids is 1. The zero-order valence-corrected chi connectivity index (χ0v) is 19.0. The number of aliphatic hydroxyl groups excluding tert-OH is 1. The van der Waals surface area contributed by atoms with Crippen LogP contribution in [0.1, 0.15) is 23.7 Å². The Hall–Kier alpha value is -3.21. The lowest BCUT2D eigenvalue weighted by atomic mass is 10.0. The number of aromatic carboxylic acids is 1. The van der Waals surface area contributed by atoms with Crippen LogP contribution >= 0.6 is 11.6 Å². The number of pyridine rings is 1. The molecule has 1 aliphatic heterocycles. The SMILES string of the molecule is CCNC1CN(c2c(F)cc3c(=O)c(C(=O)O)cn(C4=CC(N)=C(F)C=C(CO)C4)c3c2Cl)C1. The van der Waals surface area contributed by atoms with E-state index in [1.165, 1.54) is 10.6 Å². The standard InChI is InChI=1S/C23H23ClF2N4O4/c1-2-28-12-7-29(8-12)21-17(26)6-14-20(19(21)24)30(9-15(22(14)32)23(33)34)13-3-11(10-31)4-16(25)18(27)5-13/h4-6,9,12,28,31H,2-3,7-8,10,27H2,1H3,(H,33,34). The Balaban J connectivity index is 1.99. The van der Waals surface area contributed by atoms with Gasteiger partial charge in [0, 0.05) is 37.4 Å². The van der Waals surface area contributed by atoms with Gasteiger partial charge in [-0.2, -0.15) is 0 Å². The molecule has 2 aliphatic rings. The number of hydrogen-bond acceptors (Lipinski definition) is 6. The van der Waals surface area contributed by atoms with E-state index in [1.54, 1.807) is 4.90 Å². The van der Waals surface area contributed by atoms with Gasteiger partial charge in [0.25, 0.3) is 0 Å². The van der Waals surface area contributed by atoms with Gasteiger partial charge in [-0.05, 0) is 30.3 Å². The molecule has 2 aromatic rings. The molecule has 2 heterocycles. The molecule has 0 atom stereocenters. The van der Waals surface area contributed by atoms with Crippen LogP contribution in [-0.2, 0) is 0 Å². The maximum atomic E-state index is 15.2. The summed E-state index contributed by atoms with van der Waals surface area (Å²) in [6, 6.07) is 1.13. The second-order valence-electron chi connectivity index (χ2n) is 8.20. The molecule has 180 valence electrons. The fourth-order valence-corrected chi connectivity index (χ4v) is 4.66. The molecule has 8 nitrogen and oxygen atoms in total. The van der Waals surface area contributed by atoms with Crippen molar-refractivity contribution in [3.05, 3.63) is 68.1 Å². The number of carbonyl (C=O) groups is 1. The van der Waals surface area contributed by atoms with E-state index >= 15 is 4.39 Å². The molecule has 1 aromatic heterocycles. The third-order valence-electron chi connectivity index (χ3n) is 5.93. The largest absolute Gasteiger partial charge is 0.477 e. The topological polar surface area (TPSA) is 121 Å². The summed E-state index contributed by atoms with van der Waals surface area (Å²) in [6.45, 7) is 3.23. The molecule has 5 N–H and O–H groups in total. The van der Waals surface area contributed by atoms with Crippen molar-refractivity contribution in [2.75, 3.05) is 31.1 Å². The fraction of sp³-hybridized carbons (Fsp3) is 0.304. The van der Waals surface area contributed by atoms with Crippen molar-refractivity contribution < 1.29 is 23.8 Å². The molecule has 1 aliphatic carbocycles. The number of carboxylic acid groups (broad SMARTS) is 1. The van der Waals surface area contributed by atoms with Crippen LogP contribution in [0.15, 0.2) is 46.3 Å². The zero-order valence-electron chi connectivity index (χ0n) is 18.2. The van der Waals surface area contributed by atoms with Crippen LogP contribution < -0.4 is 21.4 Å². The highest BCUT2D eigenvalue weighted by Crippen LogP contribution is 2.39. The number of aromatic nitrogens is 1. The number of likely N-dealkylation sites (N-methyl/N-ethyl adjacent to an activating group) is 1. The van der Waals surface area contributed by atoms with Gasteiger partial charge >= 0.3 is 5.97 Å². The van der Waals surface area contributed by atoms with Gasteiger partial charge in [-0.3, -0.25) is 4.79 Å². The summed E-state index contributed by atoms with van der Waals surface area (Å²) in [5.41, 5.74) is 4.72. The van der Waals surface area contributed by atoms with Crippen molar-refractivity contribution >= 4 is 39.9 Å². The number of nitrogens with two attached hydrogens (primary N) is 1. The first-order valence-corrected chi connectivity index (χ1v) is 11.0. The predicted molar refractivity (Wildman–Crippen MR) is 126 cm³/mol. The Morgan fingerprint density at radius 2 is 2.03 bits per heavy atom. The van der Waals surface area contributed by atoms with Crippen LogP contribution in [0.2, 0.25) is 5.02 Å². The summed E-state index contributed by atoms with van der Waals surface area (Å²) >= 11 is 6.67. The second-order valence-corrected chi connectivity index (χ2v) is 8.58. The van der Waals surface area contributed by atoms with E-state index in [-0.39, 0.29) is 51.0 Å². The molecule has 34 heavy (non-hydrogen) atoms. The number of nitrogens with one attached hydrogen (secondary N) is 1. The first-order valence-electron chi connectivity index (χ1n) is 10.6. The minimum atomic E-state index is -1.51. The van der Waals surface area contributed by atoms with Crippen LogP contribution in [0, 0.1) is 5.82 Å². The van der Waals surface area contributed by atoms with E-state index in [9.17, 15) is 24.2 Å². The summed E-state index contributed by atoms with van der Waals surface area (Å²) in [5, 5.41) is 22.2. The number of fused-ring (bicyclic) bond motifs is 1. The quantitative estimate of drug-likeness (QED) is 0.489. The highest BCUT2D eigenvalue weighted by Gasteiger charge is 2.32. The van der Waals surface area contributed by atoms with Crippen molar-refractivity contribution in [1.29, 1.82) is 0 Å². The molecule has 0 spiro atoms. The van der Waals surface area contributed by atoms with E-state index in [0.29, 0.717) is 13.1 Å². The average Bonchev–Trinajstić information content (AvgIpc) is 2.90. The maximum absolute atomic E-state index is 15.2. The highest BCUT2D eigenvalue weighted by molar-refractivity contribution is 6.38. The molecule has 11 heteroatoms. The van der Waals surface area contributed by atoms with Crippen molar-refractivity contribution in [2.24, 2.45) is 5.73 Å². The predicted octanol–water partition coefficient (Wildman–Crippen LogP) is 2.59. The Morgan fingerprint density at radius 3 is 2.65 bits per heavy atom. The molecule has 0 bridgehead atoms. The summed E-state index contributed by atoms with van der Waals surface area (Å²) < 4.78 is 30.8. The van der Waals surface area contributed by atoms with Gasteiger partial charge in [0.2, 0.25) is 5.43 Å². The van der Waals surface area contributed by atoms with Crippen molar-refractivity contribution in [2.45, 2.75) is 19.4 Å². The van der Waals surface area contributed by atoms with Crippen LogP contribution in [0.3, 0.4) is 0 Å². The molecular weight excluding hydrogens is 470 g/mol. The molecule has 0 radical (unpaired) electrons. The number of benzene rings is 1. The van der Waals surface area contributed by atoms with Gasteiger partial charge in [-0.25, -0.2) is 13.6 Å². The first kappa shape index (κ1) is 23.9. The number of hydrogen-bond donors (Lipinski definition) is 4. The fourth-order valence-electron chi connectivity index (χ4n) is 4.25. The second kappa shape index (κ2) is 9.21. The Labute approximate surface area is 198 Å². The zero-order chi connectivity index (χ0) is 24.7. The molecule has 1 fully saturated rings. The first-order chi connectivity index (χ1) is 16.2. The minimum absolute atomic E-state index is 0.0170. The lowest BCUT2D eigenvalue weighted by molar-refractivity contribution is 0.0695. The van der Waals surface area contributed by atoms with Gasteiger partial charge in [-0.15, -0.1) is 0 Å². The smallest absolute Gasteiger partial charge is 0.341 e. The Kier molecular flexibility index (Phi) is 6.48. The van der Waals surface area contributed by atoms with Gasteiger partial charge < -0.3 is 30.7 Å². The van der Waals surface area contributed by atoms with Crippen LogP contribution in [0.25, 0.3) is 16.6 Å². The van der Waals surface area contributed by atoms with E-state index < -0.39 is 35.2 Å². The van der Waals surface area contributed by atoms with Crippen LogP contribution in [0.5, 0.6) is 0 Å². The van der Waals surface area contributed by atoms with Gasteiger partial charge in [0.05, 0.1) is 33.9 Å². The molecule has 0 unspecified atom stereocenters. The van der Waals surface area contributed by atoms with Crippen LogP contribution in [-0.4, -0.2) is 53.0 Å². The number of nitrogens with zero attached hydrogens (tertiary/aromatic N) is 2. The molecular formula is C23H23ClF2N4O4. The summed E-state index contributed by atoms with van der Waals surface area (Å²) in [4.78, 5) is 26.4. The lowest BCUT2D eigenvalue weighted by Crippen LogP contribution is -2.58. The summed E-state index contributed by atoms with van der Waals surface area (Å²) in [7, 11) is 0. The monoisotopic (exact) mass is 492 g/mol. The minimum Gasteiger partial charge on any atom is -0.477 e. The number of halogens is 3. The van der Waals surface area contributed by atoms with Gasteiger partial charge in [-0.1, -0.05) is 18.5 Å². The maximum Gasteiger partial charge on any atom is 0.341 e. The highest BCUT2D eigenvalue weighted by atomic mass is 35.5. The number of allylic oxidation sites excluding steroid dienone is 4. The summed E-state index contributed by atoms with van der Waals surface area (Å²) in [5.74, 6) is -3.04. The molecule has 0 amide bonds. The van der Waals surface area contributed by atoms with Crippen molar-refractivity contribution in [1.82, 2.24) is 9.88 Å². The van der Waals surface area contributed by atoms with Crippen LogP contribution in [0.4, 0.5) is 14.5 Å². The normalized spacial score (nSPS) is 16.9. The van der Waals surface area contributed by atoms with E-state index in [2.05, 4.69) is 5.32 Å². The number of anilines is 1. The third kappa shape index (κ3) is 4.08. The van der Waals surface area contributed by atoms with Crippen molar-refractivity contribution in [3.63, 3.8) is 0 Å². The lowest BCUT2D eigenvalue weighted by Gasteiger charge is -2.42. The third-order valence-corrected chi connectivity index (χ3v) is 6.28. The van der Waals surface area contributed by atoms with Gasteiger partial charge in [0.1, 0.15) is 17.2 Å². The number of rotatable bonds is 6. The van der Waals surface area contributed by atoms with Gasteiger partial charge in [0.15, 0.2) is 0 Å².